The van der Waals surface area contributed by atoms with Gasteiger partial charge >= 0.3 is 6.18 Å². The van der Waals surface area contributed by atoms with Crippen molar-refractivity contribution >= 4 is 5.78 Å². The molecular formula is C12H14F3NO. The second-order valence-corrected chi connectivity index (χ2v) is 4.31. The van der Waals surface area contributed by atoms with Crippen LogP contribution in [0.3, 0.4) is 0 Å². The molecule has 0 saturated heterocycles. The van der Waals surface area contributed by atoms with Gasteiger partial charge in [-0.25, -0.2) is 0 Å². The van der Waals surface area contributed by atoms with Crippen LogP contribution in [0.5, 0.6) is 0 Å². The Kier molecular flexibility index (Phi) is 4.26. The highest BCUT2D eigenvalue weighted by Crippen LogP contribution is 2.31. The number of alkyl halides is 3. The van der Waals surface area contributed by atoms with E-state index in [1.807, 2.05) is 13.8 Å². The van der Waals surface area contributed by atoms with Crippen molar-refractivity contribution in [2.24, 2.45) is 5.92 Å². The molecule has 0 amide bonds. The van der Waals surface area contributed by atoms with Crippen LogP contribution in [-0.4, -0.2) is 10.8 Å². The Bertz CT molecular complexity index is 399. The first kappa shape index (κ1) is 13.7. The van der Waals surface area contributed by atoms with Crippen molar-refractivity contribution in [3.63, 3.8) is 0 Å². The Hall–Kier alpha value is -1.39. The summed E-state index contributed by atoms with van der Waals surface area (Å²) < 4.78 is 37.8. The number of Topliss-reactive ketones (excluding diaryl/α,β-unsaturated/α-hetero) is 1. The van der Waals surface area contributed by atoms with Gasteiger partial charge in [0.2, 0.25) is 0 Å². The van der Waals surface area contributed by atoms with Crippen LogP contribution in [0, 0.1) is 5.92 Å². The lowest BCUT2D eigenvalue weighted by molar-refractivity contribution is -0.138. The van der Waals surface area contributed by atoms with Crippen molar-refractivity contribution in [2.75, 3.05) is 0 Å². The quantitative estimate of drug-likeness (QED) is 0.815. The summed E-state index contributed by atoms with van der Waals surface area (Å²) in [6.07, 6.45) is -3.17. The van der Waals surface area contributed by atoms with Crippen LogP contribution in [0.25, 0.3) is 0 Å². The molecule has 5 heteroatoms. The summed E-state index contributed by atoms with van der Waals surface area (Å²) in [5, 5.41) is 0. The third-order valence-electron chi connectivity index (χ3n) is 2.20. The molecule has 0 aliphatic carbocycles. The zero-order valence-electron chi connectivity index (χ0n) is 9.71. The SMILES string of the molecule is CC(C)CC(=O)Cc1ncccc1C(F)(F)F. The smallest absolute Gasteiger partial charge is 0.299 e. The Labute approximate surface area is 97.9 Å². The zero-order chi connectivity index (χ0) is 13.1. The van der Waals surface area contributed by atoms with E-state index in [1.165, 1.54) is 12.3 Å². The summed E-state index contributed by atoms with van der Waals surface area (Å²) >= 11 is 0. The fourth-order valence-electron chi connectivity index (χ4n) is 1.55. The van der Waals surface area contributed by atoms with Crippen molar-refractivity contribution in [3.05, 3.63) is 29.6 Å². The molecule has 1 aromatic heterocycles. The lowest BCUT2D eigenvalue weighted by Crippen LogP contribution is -2.15. The van der Waals surface area contributed by atoms with Gasteiger partial charge < -0.3 is 0 Å². The molecule has 1 aromatic rings. The maximum Gasteiger partial charge on any atom is 0.418 e. The van der Waals surface area contributed by atoms with E-state index in [-0.39, 0.29) is 30.2 Å². The molecule has 0 bridgehead atoms. The molecule has 0 spiro atoms. The van der Waals surface area contributed by atoms with Gasteiger partial charge in [0.05, 0.1) is 11.3 Å². The van der Waals surface area contributed by atoms with Gasteiger partial charge in [0, 0.05) is 19.0 Å². The first-order chi connectivity index (χ1) is 7.80. The molecular weight excluding hydrogens is 231 g/mol. The molecule has 0 radical (unpaired) electrons. The third kappa shape index (κ3) is 4.17. The number of carbonyl (C=O) groups is 1. The Morgan fingerprint density at radius 2 is 2.06 bits per heavy atom. The maximum atomic E-state index is 12.6. The topological polar surface area (TPSA) is 30.0 Å². The molecule has 0 unspecified atom stereocenters. The number of carbonyl (C=O) groups excluding carboxylic acids is 1. The molecule has 0 fully saturated rings. The van der Waals surface area contributed by atoms with E-state index < -0.39 is 11.7 Å². The summed E-state index contributed by atoms with van der Waals surface area (Å²) in [4.78, 5) is 15.1. The number of pyridine rings is 1. The minimum Gasteiger partial charge on any atom is -0.299 e. The first-order valence-electron chi connectivity index (χ1n) is 5.33. The lowest BCUT2D eigenvalue weighted by atomic mass is 10.0. The summed E-state index contributed by atoms with van der Waals surface area (Å²) in [5.41, 5.74) is -1.01. The fraction of sp³-hybridized carbons (Fsp3) is 0.500. The van der Waals surface area contributed by atoms with Crippen molar-refractivity contribution in [3.8, 4) is 0 Å². The van der Waals surface area contributed by atoms with Crippen LogP contribution in [0.4, 0.5) is 13.2 Å². The number of ketones is 1. The molecule has 0 aromatic carbocycles. The Morgan fingerprint density at radius 3 is 2.59 bits per heavy atom. The van der Waals surface area contributed by atoms with Crippen LogP contribution in [-0.2, 0) is 17.4 Å². The molecule has 0 saturated carbocycles. The zero-order valence-corrected chi connectivity index (χ0v) is 9.71. The van der Waals surface area contributed by atoms with Crippen molar-refractivity contribution in [2.45, 2.75) is 32.9 Å². The number of halogens is 3. The van der Waals surface area contributed by atoms with Crippen molar-refractivity contribution in [1.29, 1.82) is 0 Å². The van der Waals surface area contributed by atoms with E-state index in [0.29, 0.717) is 0 Å². The highest BCUT2D eigenvalue weighted by molar-refractivity contribution is 5.80. The summed E-state index contributed by atoms with van der Waals surface area (Å²) in [7, 11) is 0. The molecule has 0 N–H and O–H groups in total. The largest absolute Gasteiger partial charge is 0.418 e. The number of hydrogen-bond donors (Lipinski definition) is 0. The van der Waals surface area contributed by atoms with Gasteiger partial charge in [-0.2, -0.15) is 13.2 Å². The van der Waals surface area contributed by atoms with Gasteiger partial charge in [0.1, 0.15) is 5.78 Å². The summed E-state index contributed by atoms with van der Waals surface area (Å²) in [6, 6.07) is 2.17. The Morgan fingerprint density at radius 1 is 1.41 bits per heavy atom. The number of nitrogens with zero attached hydrogens (tertiary/aromatic N) is 1. The number of aromatic nitrogens is 1. The van der Waals surface area contributed by atoms with E-state index in [0.717, 1.165) is 6.07 Å². The van der Waals surface area contributed by atoms with Gasteiger partial charge in [-0.1, -0.05) is 13.8 Å². The minimum absolute atomic E-state index is 0.139. The van der Waals surface area contributed by atoms with Gasteiger partial charge in [0.25, 0.3) is 0 Å². The fourth-order valence-corrected chi connectivity index (χ4v) is 1.55. The third-order valence-corrected chi connectivity index (χ3v) is 2.20. The molecule has 17 heavy (non-hydrogen) atoms. The molecule has 2 nitrogen and oxygen atoms in total. The van der Waals surface area contributed by atoms with Crippen LogP contribution < -0.4 is 0 Å². The van der Waals surface area contributed by atoms with E-state index in [2.05, 4.69) is 4.98 Å². The van der Waals surface area contributed by atoms with Crippen molar-refractivity contribution < 1.29 is 18.0 Å². The molecule has 1 rings (SSSR count). The molecule has 1 heterocycles. The van der Waals surface area contributed by atoms with Crippen LogP contribution in [0.1, 0.15) is 31.5 Å². The summed E-state index contributed by atoms with van der Waals surface area (Å²) in [5.74, 6) is -0.0789. The second kappa shape index (κ2) is 5.29. The van der Waals surface area contributed by atoms with Crippen molar-refractivity contribution in [1.82, 2.24) is 4.98 Å². The average molecular weight is 245 g/mol. The standard InChI is InChI=1S/C12H14F3NO/c1-8(2)6-9(17)7-11-10(12(13,14)15)4-3-5-16-11/h3-5,8H,6-7H2,1-2H3. The number of hydrogen-bond acceptors (Lipinski definition) is 2. The van der Waals surface area contributed by atoms with Crippen LogP contribution in [0.15, 0.2) is 18.3 Å². The van der Waals surface area contributed by atoms with Gasteiger partial charge in [0.15, 0.2) is 0 Å². The van der Waals surface area contributed by atoms with Gasteiger partial charge in [-0.05, 0) is 18.1 Å². The predicted molar refractivity (Wildman–Crippen MR) is 57.4 cm³/mol. The Balaban J connectivity index is 2.88. The molecule has 0 atom stereocenters. The van der Waals surface area contributed by atoms with E-state index in [1.54, 1.807) is 0 Å². The predicted octanol–water partition coefficient (Wildman–Crippen LogP) is 3.26. The molecule has 94 valence electrons. The monoisotopic (exact) mass is 245 g/mol. The van der Waals surface area contributed by atoms with Crippen LogP contribution >= 0.6 is 0 Å². The highest BCUT2D eigenvalue weighted by Gasteiger charge is 2.34. The van der Waals surface area contributed by atoms with E-state index in [4.69, 9.17) is 0 Å². The highest BCUT2D eigenvalue weighted by atomic mass is 19.4. The van der Waals surface area contributed by atoms with Crippen LogP contribution in [0.2, 0.25) is 0 Å². The minimum atomic E-state index is -4.46. The first-order valence-corrected chi connectivity index (χ1v) is 5.33. The van der Waals surface area contributed by atoms with E-state index >= 15 is 0 Å². The van der Waals surface area contributed by atoms with Gasteiger partial charge in [-0.15, -0.1) is 0 Å². The molecule has 0 aliphatic rings. The maximum absolute atomic E-state index is 12.6. The van der Waals surface area contributed by atoms with E-state index in [9.17, 15) is 18.0 Å². The second-order valence-electron chi connectivity index (χ2n) is 4.31. The van der Waals surface area contributed by atoms with Gasteiger partial charge in [-0.3, -0.25) is 9.78 Å². The normalized spacial score (nSPS) is 11.9. The lowest BCUT2D eigenvalue weighted by Gasteiger charge is -2.11. The summed E-state index contributed by atoms with van der Waals surface area (Å²) in [6.45, 7) is 3.70. The average Bonchev–Trinajstić information content (AvgIpc) is 2.15. The molecule has 0 aliphatic heterocycles. The number of rotatable bonds is 4.